The van der Waals surface area contributed by atoms with Crippen molar-refractivity contribution in [3.8, 4) is 0 Å². The molecular formula is C17H18BrClN2O2S2. The van der Waals surface area contributed by atoms with E-state index in [0.29, 0.717) is 9.21 Å². The van der Waals surface area contributed by atoms with Crippen molar-refractivity contribution in [1.29, 1.82) is 0 Å². The van der Waals surface area contributed by atoms with E-state index in [1.165, 1.54) is 16.2 Å². The van der Waals surface area contributed by atoms with E-state index in [1.54, 1.807) is 23.5 Å². The number of hydrogen-bond acceptors (Lipinski definition) is 5. The van der Waals surface area contributed by atoms with Gasteiger partial charge in [0.25, 0.3) is 0 Å². The van der Waals surface area contributed by atoms with Gasteiger partial charge in [-0.3, -0.25) is 14.5 Å². The summed E-state index contributed by atoms with van der Waals surface area (Å²) < 4.78 is 1.75. The molecule has 2 aromatic rings. The zero-order chi connectivity index (χ0) is 17.8. The maximum absolute atomic E-state index is 12.3. The molecule has 0 spiro atoms. The minimum absolute atomic E-state index is 0.00726. The van der Waals surface area contributed by atoms with Gasteiger partial charge in [0.15, 0.2) is 5.78 Å². The Morgan fingerprint density at radius 2 is 1.80 bits per heavy atom. The van der Waals surface area contributed by atoms with Crippen LogP contribution in [0.2, 0.25) is 4.34 Å². The lowest BCUT2D eigenvalue weighted by Gasteiger charge is -2.34. The average Bonchev–Trinajstić information content (AvgIpc) is 3.21. The van der Waals surface area contributed by atoms with Gasteiger partial charge in [-0.25, -0.2) is 0 Å². The zero-order valence-corrected chi connectivity index (χ0v) is 17.5. The van der Waals surface area contributed by atoms with Crippen molar-refractivity contribution >= 4 is 61.9 Å². The van der Waals surface area contributed by atoms with Crippen molar-refractivity contribution < 1.29 is 9.59 Å². The van der Waals surface area contributed by atoms with Gasteiger partial charge < -0.3 is 4.90 Å². The molecule has 3 heterocycles. The van der Waals surface area contributed by atoms with Crippen molar-refractivity contribution in [2.24, 2.45) is 0 Å². The number of Topliss-reactive ketones (excluding diaryl/α,β-unsaturated/α-hetero) is 1. The lowest BCUT2D eigenvalue weighted by Crippen LogP contribution is -2.48. The predicted octanol–water partition coefficient (Wildman–Crippen LogP) is 4.53. The quantitative estimate of drug-likeness (QED) is 0.593. The largest absolute Gasteiger partial charge is 0.340 e. The molecule has 0 saturated carbocycles. The van der Waals surface area contributed by atoms with Crippen molar-refractivity contribution in [3.63, 3.8) is 0 Å². The van der Waals surface area contributed by atoms with Crippen molar-refractivity contribution in [2.45, 2.75) is 19.4 Å². The molecule has 25 heavy (non-hydrogen) atoms. The fourth-order valence-corrected chi connectivity index (χ4v) is 5.31. The van der Waals surface area contributed by atoms with Gasteiger partial charge in [-0.05, 0) is 40.2 Å². The van der Waals surface area contributed by atoms with Gasteiger partial charge in [0.05, 0.1) is 13.0 Å². The lowest BCUT2D eigenvalue weighted by atomic mass is 10.1. The Hall–Kier alpha value is -0.730. The Morgan fingerprint density at radius 1 is 1.04 bits per heavy atom. The Kier molecular flexibility index (Phi) is 6.68. The van der Waals surface area contributed by atoms with E-state index >= 15 is 0 Å². The number of amides is 1. The van der Waals surface area contributed by atoms with Crippen LogP contribution >= 0.6 is 50.2 Å². The summed E-state index contributed by atoms with van der Waals surface area (Å²) in [5.41, 5.74) is 0. The van der Waals surface area contributed by atoms with E-state index in [2.05, 4.69) is 33.0 Å². The van der Waals surface area contributed by atoms with Crippen LogP contribution in [0, 0.1) is 0 Å². The summed E-state index contributed by atoms with van der Waals surface area (Å²) in [7, 11) is 0. The molecule has 1 fully saturated rings. The number of halogens is 2. The van der Waals surface area contributed by atoms with E-state index in [1.807, 2.05) is 4.90 Å². The Balaban J connectivity index is 1.41. The number of nitrogens with zero attached hydrogens (tertiary/aromatic N) is 2. The first-order valence-corrected chi connectivity index (χ1v) is 10.8. The first-order valence-electron chi connectivity index (χ1n) is 8.04. The van der Waals surface area contributed by atoms with E-state index in [9.17, 15) is 9.59 Å². The molecule has 134 valence electrons. The monoisotopic (exact) mass is 460 g/mol. The normalized spacial score (nSPS) is 15.5. The molecule has 0 bridgehead atoms. The summed E-state index contributed by atoms with van der Waals surface area (Å²) in [6.07, 6.45) is 0.519. The van der Waals surface area contributed by atoms with E-state index in [0.717, 1.165) is 36.5 Å². The van der Waals surface area contributed by atoms with E-state index < -0.39 is 0 Å². The average molecular weight is 462 g/mol. The number of carbonyl (C=O) groups excluding carboxylic acids is 2. The molecule has 8 heteroatoms. The molecule has 3 rings (SSSR count). The topological polar surface area (TPSA) is 40.6 Å². The Bertz CT molecular complexity index is 753. The van der Waals surface area contributed by atoms with E-state index in [-0.39, 0.29) is 24.5 Å². The third-order valence-electron chi connectivity index (χ3n) is 4.15. The Labute approximate surface area is 168 Å². The highest BCUT2D eigenvalue weighted by atomic mass is 79.9. The van der Waals surface area contributed by atoms with Crippen LogP contribution < -0.4 is 0 Å². The van der Waals surface area contributed by atoms with Crippen LogP contribution in [0.1, 0.15) is 27.4 Å². The van der Waals surface area contributed by atoms with Gasteiger partial charge in [0.2, 0.25) is 5.91 Å². The fraction of sp³-hybridized carbons (Fsp3) is 0.412. The molecule has 0 aliphatic carbocycles. The number of carbonyl (C=O) groups is 2. The highest BCUT2D eigenvalue weighted by Gasteiger charge is 2.22. The molecule has 1 aliphatic rings. The molecule has 2 aromatic heterocycles. The summed E-state index contributed by atoms with van der Waals surface area (Å²) in [6, 6.07) is 7.64. The summed E-state index contributed by atoms with van der Waals surface area (Å²) in [5, 5.41) is 0. The number of hydrogen-bond donors (Lipinski definition) is 0. The van der Waals surface area contributed by atoms with Crippen LogP contribution in [0.5, 0.6) is 0 Å². The first kappa shape index (κ1) is 19.0. The van der Waals surface area contributed by atoms with Crippen molar-refractivity contribution in [3.05, 3.63) is 42.1 Å². The van der Waals surface area contributed by atoms with Gasteiger partial charge in [-0.15, -0.1) is 22.7 Å². The summed E-state index contributed by atoms with van der Waals surface area (Å²) >= 11 is 12.3. The molecule has 4 nitrogen and oxygen atoms in total. The molecule has 0 unspecified atom stereocenters. The molecular weight excluding hydrogens is 444 g/mol. The van der Waals surface area contributed by atoms with Crippen LogP contribution in [0.15, 0.2) is 28.1 Å². The molecule has 1 amide bonds. The van der Waals surface area contributed by atoms with Crippen molar-refractivity contribution in [2.75, 3.05) is 26.2 Å². The molecule has 1 saturated heterocycles. The fourth-order valence-electron chi connectivity index (χ4n) is 2.78. The second-order valence-electron chi connectivity index (χ2n) is 5.89. The highest BCUT2D eigenvalue weighted by Crippen LogP contribution is 2.24. The second kappa shape index (κ2) is 8.77. The first-order chi connectivity index (χ1) is 12.0. The van der Waals surface area contributed by atoms with Gasteiger partial charge >= 0.3 is 0 Å². The molecule has 0 radical (unpaired) electrons. The van der Waals surface area contributed by atoms with Gasteiger partial charge in [0.1, 0.15) is 0 Å². The SMILES string of the molecule is O=C(CCC(=O)N1CCN(Cc2ccc(Br)s2)CC1)c1ccc(Cl)s1. The summed E-state index contributed by atoms with van der Waals surface area (Å²) in [4.78, 5) is 30.6. The summed E-state index contributed by atoms with van der Waals surface area (Å²) in [5.74, 6) is 0.0571. The number of thiophene rings is 2. The second-order valence-corrected chi connectivity index (χ2v) is 10.2. The minimum atomic E-state index is -0.00726. The minimum Gasteiger partial charge on any atom is -0.340 e. The molecule has 0 aromatic carbocycles. The number of piperazine rings is 1. The van der Waals surface area contributed by atoms with Gasteiger partial charge in [0, 0.05) is 50.4 Å². The molecule has 0 atom stereocenters. The van der Waals surface area contributed by atoms with Crippen LogP contribution in [-0.2, 0) is 11.3 Å². The van der Waals surface area contributed by atoms with Crippen LogP contribution in [0.3, 0.4) is 0 Å². The molecule has 1 aliphatic heterocycles. The van der Waals surface area contributed by atoms with Crippen LogP contribution in [-0.4, -0.2) is 47.7 Å². The van der Waals surface area contributed by atoms with Gasteiger partial charge in [-0.2, -0.15) is 0 Å². The maximum Gasteiger partial charge on any atom is 0.223 e. The zero-order valence-electron chi connectivity index (χ0n) is 13.5. The van der Waals surface area contributed by atoms with Crippen LogP contribution in [0.25, 0.3) is 0 Å². The number of rotatable bonds is 6. The van der Waals surface area contributed by atoms with Gasteiger partial charge in [-0.1, -0.05) is 11.6 Å². The smallest absolute Gasteiger partial charge is 0.223 e. The standard InChI is InChI=1S/C17H18BrClN2O2S2/c18-15-4-1-12(24-15)11-20-7-9-21(10-8-20)17(23)6-2-13(22)14-3-5-16(19)25-14/h1,3-5H,2,6-11H2. The number of ketones is 1. The predicted molar refractivity (Wildman–Crippen MR) is 107 cm³/mol. The molecule has 0 N–H and O–H groups in total. The third kappa shape index (κ3) is 5.37. The summed E-state index contributed by atoms with van der Waals surface area (Å²) in [6.45, 7) is 4.12. The van der Waals surface area contributed by atoms with Crippen LogP contribution in [0.4, 0.5) is 0 Å². The third-order valence-corrected chi connectivity index (χ3v) is 7.03. The Morgan fingerprint density at radius 3 is 2.40 bits per heavy atom. The maximum atomic E-state index is 12.3. The highest BCUT2D eigenvalue weighted by molar-refractivity contribution is 9.11. The van der Waals surface area contributed by atoms with E-state index in [4.69, 9.17) is 11.6 Å². The lowest BCUT2D eigenvalue weighted by molar-refractivity contribution is -0.132. The van der Waals surface area contributed by atoms with Crippen molar-refractivity contribution in [1.82, 2.24) is 9.80 Å².